The molecular formula is C36H47ClN4O8. The number of hydrogen-bond donors (Lipinski definition) is 2. The SMILES string of the molecule is CCOC(=O)[C@@]12C[C@H]1/C=C\CCCCC[C@H](NC(=O)OC(C)(C)C)C(=O)N1C[C@H](Oc3ncc(OC)c4ccc(Cl)cc34)[C@@H](C)[C@H]1C(=O)N2. The molecule has 266 valence electrons. The summed E-state index contributed by atoms with van der Waals surface area (Å²) in [6.07, 6.45) is 8.03. The highest BCUT2D eigenvalue weighted by atomic mass is 35.5. The van der Waals surface area contributed by atoms with Crippen LogP contribution < -0.4 is 20.1 Å². The summed E-state index contributed by atoms with van der Waals surface area (Å²) in [5.41, 5.74) is -2.00. The molecule has 2 aromatic rings. The standard InChI is InChI=1S/C36H47ClN4O8/c1-7-47-33(44)36-18-22(36)13-11-9-8-10-12-14-26(39-34(45)49-35(3,4)5)32(43)41-20-28(21(2)29(41)30(42)40-36)48-31-25-17-23(37)15-16-24(25)27(46-6)19-38-31/h11,13,15-17,19,21-22,26,28-29H,7-10,12,14,18,20H2,1-6H3,(H,39,45)(H,40,42)/b13-11-/t21-,22-,26+,28+,29+,36-/m1/s1. The molecule has 12 nitrogen and oxygen atoms in total. The molecule has 13 heteroatoms. The van der Waals surface area contributed by atoms with Gasteiger partial charge in [-0.1, -0.05) is 43.5 Å². The molecule has 0 bridgehead atoms. The number of fused-ring (bicyclic) bond motifs is 3. The third-order valence-corrected chi connectivity index (χ3v) is 9.56. The molecule has 1 aromatic heterocycles. The lowest BCUT2D eigenvalue weighted by molar-refractivity contribution is -0.150. The number of ether oxygens (including phenoxy) is 4. The van der Waals surface area contributed by atoms with Crippen LogP contribution in [0, 0.1) is 11.8 Å². The number of nitrogens with one attached hydrogen (secondary N) is 2. The van der Waals surface area contributed by atoms with E-state index in [1.807, 2.05) is 25.1 Å². The summed E-state index contributed by atoms with van der Waals surface area (Å²) < 4.78 is 22.9. The predicted molar refractivity (Wildman–Crippen MR) is 183 cm³/mol. The highest BCUT2D eigenvalue weighted by Gasteiger charge is 2.62. The Labute approximate surface area is 292 Å². The first-order valence-corrected chi connectivity index (χ1v) is 17.4. The average molecular weight is 699 g/mol. The normalized spacial score (nSPS) is 28.2. The quantitative estimate of drug-likeness (QED) is 0.302. The van der Waals surface area contributed by atoms with Gasteiger partial charge in [0.15, 0.2) is 0 Å². The molecule has 1 saturated heterocycles. The zero-order valence-electron chi connectivity index (χ0n) is 29.0. The number of hydrogen-bond acceptors (Lipinski definition) is 9. The number of carbonyl (C=O) groups excluding carboxylic acids is 4. The fraction of sp³-hybridized carbons (Fsp3) is 0.583. The first-order chi connectivity index (χ1) is 23.3. The van der Waals surface area contributed by atoms with Gasteiger partial charge in [0.2, 0.25) is 17.7 Å². The molecule has 1 saturated carbocycles. The molecule has 49 heavy (non-hydrogen) atoms. The Kier molecular flexibility index (Phi) is 11.0. The van der Waals surface area contributed by atoms with Crippen LogP contribution in [0.25, 0.3) is 10.8 Å². The lowest BCUT2D eigenvalue weighted by atomic mass is 9.98. The molecule has 3 aliphatic rings. The third kappa shape index (κ3) is 8.06. The number of halogens is 1. The van der Waals surface area contributed by atoms with Crippen molar-refractivity contribution in [2.45, 2.75) is 102 Å². The molecule has 3 heterocycles. The number of carbonyl (C=O) groups is 4. The number of methoxy groups -OCH3 is 1. The molecule has 1 aliphatic carbocycles. The molecule has 1 aromatic carbocycles. The van der Waals surface area contributed by atoms with Gasteiger partial charge in [0.05, 0.1) is 26.5 Å². The second-order valence-corrected chi connectivity index (χ2v) is 14.5. The maximum Gasteiger partial charge on any atom is 0.408 e. The van der Waals surface area contributed by atoms with Gasteiger partial charge >= 0.3 is 12.1 Å². The lowest BCUT2D eigenvalue weighted by Gasteiger charge is -2.31. The van der Waals surface area contributed by atoms with Crippen molar-refractivity contribution in [2.75, 3.05) is 20.3 Å². The molecule has 2 N–H and O–H groups in total. The van der Waals surface area contributed by atoms with Crippen LogP contribution in [0.5, 0.6) is 11.6 Å². The van der Waals surface area contributed by atoms with Gasteiger partial charge in [-0.25, -0.2) is 14.6 Å². The number of amides is 3. The van der Waals surface area contributed by atoms with Crippen molar-refractivity contribution in [1.29, 1.82) is 0 Å². The Balaban J connectivity index is 1.51. The Hall–Kier alpha value is -4.06. The highest BCUT2D eigenvalue weighted by Crippen LogP contribution is 2.46. The summed E-state index contributed by atoms with van der Waals surface area (Å²) >= 11 is 6.36. The van der Waals surface area contributed by atoms with Crippen molar-refractivity contribution in [3.05, 3.63) is 41.6 Å². The van der Waals surface area contributed by atoms with Crippen LogP contribution in [0.2, 0.25) is 5.02 Å². The van der Waals surface area contributed by atoms with E-state index in [0.717, 1.165) is 24.6 Å². The zero-order valence-corrected chi connectivity index (χ0v) is 29.8. The summed E-state index contributed by atoms with van der Waals surface area (Å²) in [6.45, 7) is 8.98. The van der Waals surface area contributed by atoms with Gasteiger partial charge in [-0.15, -0.1) is 0 Å². The van der Waals surface area contributed by atoms with Gasteiger partial charge in [0.1, 0.15) is 35.1 Å². The molecular weight excluding hydrogens is 652 g/mol. The van der Waals surface area contributed by atoms with Crippen LogP contribution in [0.1, 0.15) is 73.1 Å². The van der Waals surface area contributed by atoms with Gasteiger partial charge in [-0.05, 0) is 71.6 Å². The summed E-state index contributed by atoms with van der Waals surface area (Å²) in [7, 11) is 1.55. The van der Waals surface area contributed by atoms with Gasteiger partial charge in [-0.3, -0.25) is 9.59 Å². The first kappa shape index (κ1) is 36.2. The minimum Gasteiger partial charge on any atom is -0.494 e. The van der Waals surface area contributed by atoms with Gasteiger partial charge < -0.3 is 34.5 Å². The molecule has 5 rings (SSSR count). The van der Waals surface area contributed by atoms with Crippen LogP contribution in [-0.4, -0.2) is 83.3 Å². The highest BCUT2D eigenvalue weighted by molar-refractivity contribution is 6.31. The fourth-order valence-corrected chi connectivity index (χ4v) is 6.91. The number of allylic oxidation sites excluding steroid dienone is 1. The third-order valence-electron chi connectivity index (χ3n) is 9.33. The molecule has 2 fully saturated rings. The molecule has 2 aliphatic heterocycles. The van der Waals surface area contributed by atoms with Crippen LogP contribution in [-0.2, 0) is 23.9 Å². The van der Waals surface area contributed by atoms with Crippen molar-refractivity contribution in [3.63, 3.8) is 0 Å². The van der Waals surface area contributed by atoms with Crippen molar-refractivity contribution in [2.24, 2.45) is 11.8 Å². The Morgan fingerprint density at radius 1 is 1.16 bits per heavy atom. The molecule has 3 amide bonds. The monoisotopic (exact) mass is 698 g/mol. The molecule has 0 unspecified atom stereocenters. The second kappa shape index (κ2) is 14.8. The van der Waals surface area contributed by atoms with Gasteiger partial charge in [0, 0.05) is 27.6 Å². The molecule has 0 radical (unpaired) electrons. The zero-order chi connectivity index (χ0) is 35.5. The lowest BCUT2D eigenvalue weighted by Crippen LogP contribution is -2.57. The predicted octanol–water partition coefficient (Wildman–Crippen LogP) is 5.34. The number of nitrogens with zero attached hydrogens (tertiary/aromatic N) is 2. The Morgan fingerprint density at radius 3 is 2.65 bits per heavy atom. The summed E-state index contributed by atoms with van der Waals surface area (Å²) in [5, 5.41) is 7.58. The Bertz CT molecular complexity index is 1610. The van der Waals surface area contributed by atoms with Gasteiger partial charge in [-0.2, -0.15) is 0 Å². The van der Waals surface area contributed by atoms with Crippen LogP contribution in [0.4, 0.5) is 4.79 Å². The maximum absolute atomic E-state index is 14.5. The second-order valence-electron chi connectivity index (χ2n) is 14.0. The van der Waals surface area contributed by atoms with E-state index in [1.54, 1.807) is 53.1 Å². The minimum atomic E-state index is -1.23. The van der Waals surface area contributed by atoms with Crippen molar-refractivity contribution in [1.82, 2.24) is 20.5 Å². The van der Waals surface area contributed by atoms with E-state index >= 15 is 0 Å². The van der Waals surface area contributed by atoms with Crippen molar-refractivity contribution >= 4 is 46.3 Å². The van der Waals surface area contributed by atoms with Crippen LogP contribution in [0.15, 0.2) is 36.5 Å². The largest absolute Gasteiger partial charge is 0.494 e. The van der Waals surface area contributed by atoms with Crippen molar-refractivity contribution in [3.8, 4) is 11.6 Å². The number of alkyl carbamates (subject to hydrolysis) is 1. The molecule has 0 spiro atoms. The van der Waals surface area contributed by atoms with Crippen LogP contribution in [0.3, 0.4) is 0 Å². The van der Waals surface area contributed by atoms with Crippen molar-refractivity contribution < 1.29 is 38.1 Å². The number of benzene rings is 1. The summed E-state index contributed by atoms with van der Waals surface area (Å²) in [6, 6.07) is 3.29. The van der Waals surface area contributed by atoms with E-state index in [1.165, 1.54) is 4.90 Å². The van der Waals surface area contributed by atoms with E-state index < -0.39 is 59.1 Å². The smallest absolute Gasteiger partial charge is 0.408 e. The van der Waals surface area contributed by atoms with E-state index in [2.05, 4.69) is 15.6 Å². The number of rotatable bonds is 6. The van der Waals surface area contributed by atoms with E-state index in [-0.39, 0.29) is 24.9 Å². The fourth-order valence-electron chi connectivity index (χ4n) is 6.74. The number of aromatic nitrogens is 1. The minimum absolute atomic E-state index is 0.0239. The summed E-state index contributed by atoms with van der Waals surface area (Å²) in [4.78, 5) is 61.0. The van der Waals surface area contributed by atoms with Crippen LogP contribution >= 0.6 is 11.6 Å². The molecule has 6 atom stereocenters. The van der Waals surface area contributed by atoms with E-state index in [0.29, 0.717) is 35.4 Å². The summed E-state index contributed by atoms with van der Waals surface area (Å²) in [5.74, 6) is -1.42. The van der Waals surface area contributed by atoms with Gasteiger partial charge in [0.25, 0.3) is 0 Å². The first-order valence-electron chi connectivity index (χ1n) is 17.0. The van der Waals surface area contributed by atoms with E-state index in [4.69, 9.17) is 30.5 Å². The maximum atomic E-state index is 14.5. The number of esters is 1. The van der Waals surface area contributed by atoms with E-state index in [9.17, 15) is 19.2 Å². The topological polar surface area (TPSA) is 145 Å². The Morgan fingerprint density at radius 2 is 1.94 bits per heavy atom. The average Bonchev–Trinajstić information content (AvgIpc) is 3.63. The number of pyridine rings is 1.